The van der Waals surface area contributed by atoms with Crippen molar-refractivity contribution in [1.82, 2.24) is 0 Å². The summed E-state index contributed by atoms with van der Waals surface area (Å²) >= 11 is 0. The van der Waals surface area contributed by atoms with Gasteiger partial charge in [0.15, 0.2) is 0 Å². The van der Waals surface area contributed by atoms with Crippen molar-refractivity contribution < 1.29 is 14.6 Å². The molecule has 1 N–H and O–H groups in total. The molecule has 6 heteroatoms. The Morgan fingerprint density at radius 3 is 2.62 bits per heavy atom. The fourth-order valence-electron chi connectivity index (χ4n) is 0.473. The highest BCUT2D eigenvalue weighted by Crippen LogP contribution is 2.30. The molecule has 0 rings (SSSR count). The van der Waals surface area contributed by atoms with Crippen LogP contribution in [0.5, 0.6) is 0 Å². The second-order valence-corrected chi connectivity index (χ2v) is 4.35. The van der Waals surface area contributed by atoms with Gasteiger partial charge in [-0.05, 0) is 23.6 Å². The van der Waals surface area contributed by atoms with Crippen LogP contribution in [0, 0.1) is 0 Å². The minimum Gasteiger partial charge on any atom is -0.450 e. The van der Waals surface area contributed by atoms with Gasteiger partial charge >= 0.3 is 6.16 Å². The highest BCUT2D eigenvalue weighted by Gasteiger charge is 1.98. The summed E-state index contributed by atoms with van der Waals surface area (Å²) in [7, 11) is 2.85. The normalized spacial score (nSPS) is 9.75. The van der Waals surface area contributed by atoms with Crippen LogP contribution in [0.1, 0.15) is 13.8 Å². The summed E-state index contributed by atoms with van der Waals surface area (Å²) in [5.74, 6) is 0.570. The van der Waals surface area contributed by atoms with Crippen LogP contribution in [0.15, 0.2) is 28.8 Å². The molecule has 0 radical (unpaired) electrons. The highest BCUT2D eigenvalue weighted by atomic mass is 33.1. The number of rotatable bonds is 7. The second kappa shape index (κ2) is 14.1. The van der Waals surface area contributed by atoms with Crippen LogP contribution in [0.2, 0.25) is 0 Å². The first-order chi connectivity index (χ1) is 7.70. The van der Waals surface area contributed by atoms with Crippen molar-refractivity contribution in [2.75, 3.05) is 12.4 Å². The number of aliphatic imine (C=N–C) groups is 1. The lowest BCUT2D eigenvalue weighted by Crippen LogP contribution is -2.02. The van der Waals surface area contributed by atoms with E-state index in [4.69, 9.17) is 5.11 Å². The van der Waals surface area contributed by atoms with Gasteiger partial charge in [0.25, 0.3) is 0 Å². The average Bonchev–Trinajstić information content (AvgIpc) is 2.29. The first kappa shape index (κ1) is 17.5. The third-order valence-electron chi connectivity index (χ3n) is 0.953. The predicted molar refractivity (Wildman–Crippen MR) is 73.2 cm³/mol. The molecule has 0 aromatic heterocycles. The van der Waals surface area contributed by atoms with E-state index in [0.717, 1.165) is 5.03 Å². The highest BCUT2D eigenvalue weighted by molar-refractivity contribution is 8.78. The number of allylic oxidation sites excluding steroid dienone is 2. The summed E-state index contributed by atoms with van der Waals surface area (Å²) in [6.45, 7) is 11.1. The van der Waals surface area contributed by atoms with E-state index < -0.39 is 6.16 Å². The molecular weight excluding hydrogens is 246 g/mol. The topological polar surface area (TPSA) is 58.9 Å². The quantitative estimate of drug-likeness (QED) is 0.249. The summed E-state index contributed by atoms with van der Waals surface area (Å²) in [6.07, 6.45) is 2.09. The van der Waals surface area contributed by atoms with Crippen molar-refractivity contribution in [3.05, 3.63) is 23.8 Å². The van der Waals surface area contributed by atoms with E-state index in [1.165, 1.54) is 21.6 Å². The maximum Gasteiger partial charge on any atom is 0.505 e. The monoisotopic (exact) mass is 263 g/mol. The van der Waals surface area contributed by atoms with Crippen LogP contribution in [0.3, 0.4) is 0 Å². The Morgan fingerprint density at radius 1 is 1.56 bits per heavy atom. The van der Waals surface area contributed by atoms with Gasteiger partial charge in [0.2, 0.25) is 0 Å². The molecule has 0 aromatic rings. The Kier molecular flexibility index (Phi) is 15.5. The zero-order valence-corrected chi connectivity index (χ0v) is 11.1. The van der Waals surface area contributed by atoms with Crippen molar-refractivity contribution in [3.8, 4) is 0 Å². The lowest BCUT2D eigenvalue weighted by molar-refractivity contribution is 0.0975. The Bertz CT molecular complexity index is 242. The van der Waals surface area contributed by atoms with Gasteiger partial charge in [-0.3, -0.25) is 4.99 Å². The van der Waals surface area contributed by atoms with Crippen LogP contribution in [0.25, 0.3) is 0 Å². The van der Waals surface area contributed by atoms with Gasteiger partial charge in [0, 0.05) is 5.75 Å². The van der Waals surface area contributed by atoms with Crippen molar-refractivity contribution in [1.29, 1.82) is 0 Å². The largest absolute Gasteiger partial charge is 0.505 e. The molecule has 92 valence electrons. The molecule has 16 heavy (non-hydrogen) atoms. The molecule has 0 spiro atoms. The van der Waals surface area contributed by atoms with Gasteiger partial charge in [-0.2, -0.15) is 0 Å². The van der Waals surface area contributed by atoms with Crippen LogP contribution in [0.4, 0.5) is 4.79 Å². The first-order valence-electron chi connectivity index (χ1n) is 4.65. The smallest absolute Gasteiger partial charge is 0.450 e. The molecule has 0 fully saturated rings. The van der Waals surface area contributed by atoms with Crippen LogP contribution >= 0.6 is 21.6 Å². The molecule has 0 amide bonds. The van der Waals surface area contributed by atoms with E-state index >= 15 is 0 Å². The number of carbonyl (C=O) groups is 1. The third-order valence-corrected chi connectivity index (χ3v) is 3.21. The van der Waals surface area contributed by atoms with Crippen molar-refractivity contribution in [2.45, 2.75) is 13.8 Å². The Hall–Kier alpha value is -0.880. The molecule has 0 unspecified atom stereocenters. The van der Waals surface area contributed by atoms with Crippen molar-refractivity contribution >= 4 is 34.5 Å². The van der Waals surface area contributed by atoms with E-state index in [0.29, 0.717) is 5.75 Å². The van der Waals surface area contributed by atoms with Crippen molar-refractivity contribution in [2.24, 2.45) is 4.99 Å². The van der Waals surface area contributed by atoms with Gasteiger partial charge in [-0.15, -0.1) is 0 Å². The van der Waals surface area contributed by atoms with Gasteiger partial charge in [0.05, 0.1) is 0 Å². The van der Waals surface area contributed by atoms with E-state index in [2.05, 4.69) is 23.0 Å². The van der Waals surface area contributed by atoms with Crippen molar-refractivity contribution in [3.63, 3.8) is 0 Å². The molecule has 0 atom stereocenters. The van der Waals surface area contributed by atoms with E-state index in [-0.39, 0.29) is 6.61 Å². The molecule has 0 aliphatic rings. The van der Waals surface area contributed by atoms with E-state index in [1.54, 1.807) is 12.2 Å². The number of nitrogens with zero attached hydrogens (tertiary/aromatic N) is 1. The molecule has 0 saturated heterocycles. The second-order valence-electron chi connectivity index (χ2n) is 1.92. The molecule has 0 aliphatic carbocycles. The Morgan fingerprint density at radius 2 is 2.19 bits per heavy atom. The van der Waals surface area contributed by atoms with E-state index in [1.807, 2.05) is 13.8 Å². The van der Waals surface area contributed by atoms with Crippen LogP contribution < -0.4 is 0 Å². The fourth-order valence-corrected chi connectivity index (χ4v) is 2.17. The lowest BCUT2D eigenvalue weighted by Gasteiger charge is -2.00. The maximum atomic E-state index is 9.96. The summed E-state index contributed by atoms with van der Waals surface area (Å²) in [6, 6.07) is 0. The minimum absolute atomic E-state index is 0.172. The van der Waals surface area contributed by atoms with Crippen LogP contribution in [-0.4, -0.2) is 30.3 Å². The molecule has 0 bridgehead atoms. The summed E-state index contributed by atoms with van der Waals surface area (Å²) < 4.78 is 4.31. The Balaban J connectivity index is 0. The fraction of sp³-hybridized carbons (Fsp3) is 0.400. The summed E-state index contributed by atoms with van der Waals surface area (Å²) in [5, 5.41) is 8.90. The summed E-state index contributed by atoms with van der Waals surface area (Å²) in [5.41, 5.74) is 0. The zero-order chi connectivity index (χ0) is 12.8. The van der Waals surface area contributed by atoms with Crippen LogP contribution in [-0.2, 0) is 4.74 Å². The number of carboxylic acid groups (broad SMARTS) is 1. The molecule has 0 aromatic carbocycles. The average molecular weight is 263 g/mol. The SMILES string of the molecule is C=C/C=C(\N=C)SSCCOC(=O)O.CC. The standard InChI is InChI=1S/C8H11NO3S2.C2H6/c1-3-4-7(9-2)14-13-6-5-12-8(10)11;1-2/h3-4H,1-2,5-6H2,(H,10,11);1-2H3/b7-4+;. The molecule has 0 heterocycles. The third kappa shape index (κ3) is 13.1. The molecule has 0 aliphatic heterocycles. The Labute approximate surface area is 104 Å². The number of hydrogen-bond donors (Lipinski definition) is 1. The van der Waals surface area contributed by atoms with Gasteiger partial charge in [-0.1, -0.05) is 37.3 Å². The molecular formula is C10H17NO3S2. The lowest BCUT2D eigenvalue weighted by atomic mass is 10.6. The number of hydrogen-bond acceptors (Lipinski definition) is 5. The molecule has 4 nitrogen and oxygen atoms in total. The van der Waals surface area contributed by atoms with Gasteiger partial charge in [-0.25, -0.2) is 4.79 Å². The van der Waals surface area contributed by atoms with Gasteiger partial charge in [0.1, 0.15) is 11.6 Å². The minimum atomic E-state index is -1.25. The predicted octanol–water partition coefficient (Wildman–Crippen LogP) is 3.82. The zero-order valence-electron chi connectivity index (χ0n) is 9.51. The molecule has 0 saturated carbocycles. The first-order valence-corrected chi connectivity index (χ1v) is 6.97. The number of ether oxygens (including phenoxy) is 1. The maximum absolute atomic E-state index is 9.96. The van der Waals surface area contributed by atoms with E-state index in [9.17, 15) is 4.79 Å². The summed E-state index contributed by atoms with van der Waals surface area (Å²) in [4.78, 5) is 13.7. The van der Waals surface area contributed by atoms with Gasteiger partial charge < -0.3 is 9.84 Å².